The molecule has 3 atom stereocenters. The van der Waals surface area contributed by atoms with E-state index in [4.69, 9.17) is 10.6 Å². The van der Waals surface area contributed by atoms with Crippen LogP contribution in [0.5, 0.6) is 11.5 Å². The molecule has 5 rings (SSSR count). The number of hydrogen-bond acceptors (Lipinski definition) is 17. The third-order valence-electron chi connectivity index (χ3n) is 6.68. The predicted molar refractivity (Wildman–Crippen MR) is 171 cm³/mol. The van der Waals surface area contributed by atoms with Gasteiger partial charge in [0.25, 0.3) is 11.8 Å². The Labute approximate surface area is 283 Å². The number of carboxylic acids is 1. The second-order valence-corrected chi connectivity index (χ2v) is 12.8. The number of phenols is 2. The number of tetrazole rings is 1. The Morgan fingerprint density at radius 1 is 1.30 bits per heavy atom. The van der Waals surface area contributed by atoms with Gasteiger partial charge in [0.1, 0.15) is 22.5 Å². The van der Waals surface area contributed by atoms with Crippen LogP contribution in [0.15, 0.2) is 39.0 Å². The number of nitrogens with one attached hydrogen (secondary N) is 2. The van der Waals surface area contributed by atoms with Gasteiger partial charge in [-0.05, 0) is 34.2 Å². The number of aliphatic carboxylic acids is 1. The summed E-state index contributed by atoms with van der Waals surface area (Å²) in [5, 5.41) is 51.7. The smallest absolute Gasteiger partial charge is 0.313 e. The molecule has 1 aromatic carbocycles. The average Bonchev–Trinajstić information content (AvgIpc) is 3.65. The Hall–Kier alpha value is -4.67. The molecule has 250 valence electrons. The van der Waals surface area contributed by atoms with E-state index in [1.807, 2.05) is 0 Å². The molecular weight excluding hydrogens is 702 g/mol. The molecule has 3 aromatic rings. The lowest BCUT2D eigenvalue weighted by Crippen LogP contribution is -2.74. The predicted octanol–water partition coefficient (Wildman–Crippen LogP) is -0.784. The van der Waals surface area contributed by atoms with Gasteiger partial charge in [0.05, 0.1) is 6.21 Å². The topological polar surface area (TPSA) is 273 Å². The van der Waals surface area contributed by atoms with Crippen molar-refractivity contribution in [3.63, 3.8) is 0 Å². The highest BCUT2D eigenvalue weighted by atomic mass is 35.5. The van der Waals surface area contributed by atoms with E-state index in [0.29, 0.717) is 10.7 Å². The number of benzene rings is 1. The molecular formula is C24H26ClN11O8S3. The molecule has 7 N–H and O–H groups in total. The summed E-state index contributed by atoms with van der Waals surface area (Å²) in [6.45, 7) is -0.718. The summed E-state index contributed by atoms with van der Waals surface area (Å²) in [7, 11) is 1.63. The number of hydrazone groups is 1. The van der Waals surface area contributed by atoms with Crippen LogP contribution in [0.25, 0.3) is 0 Å². The number of hydrogen-bond donors (Lipinski definition) is 6. The monoisotopic (exact) mass is 727 g/mol. The van der Waals surface area contributed by atoms with Gasteiger partial charge in [-0.15, -0.1) is 40.6 Å². The molecule has 2 saturated heterocycles. The minimum atomic E-state index is -1.27. The summed E-state index contributed by atoms with van der Waals surface area (Å²) in [5.74, 6) is -3.49. The number of aromatic hydroxyl groups is 2. The fourth-order valence-corrected chi connectivity index (χ4v) is 7.51. The number of anilines is 1. The van der Waals surface area contributed by atoms with E-state index >= 15 is 0 Å². The quantitative estimate of drug-likeness (QED) is 0.0439. The number of phenolic OH excluding ortho intramolecular Hbond substituents is 2. The molecule has 23 heteroatoms. The number of oxime groups is 1. The molecule has 3 amide bonds. The maximum Gasteiger partial charge on any atom is 0.313 e. The highest BCUT2D eigenvalue weighted by Gasteiger charge is 2.57. The number of amides is 3. The van der Waals surface area contributed by atoms with E-state index in [9.17, 15) is 34.5 Å². The van der Waals surface area contributed by atoms with Crippen molar-refractivity contribution in [1.82, 2.24) is 40.8 Å². The second kappa shape index (κ2) is 14.8. The lowest BCUT2D eigenvalue weighted by molar-refractivity contribution is -0.157. The first-order valence-electron chi connectivity index (χ1n) is 13.0. The van der Waals surface area contributed by atoms with Crippen LogP contribution in [0.1, 0.15) is 11.3 Å². The van der Waals surface area contributed by atoms with Crippen molar-refractivity contribution < 1.29 is 39.3 Å². The first-order valence-corrected chi connectivity index (χ1v) is 16.0. The van der Waals surface area contributed by atoms with E-state index in [-0.39, 0.29) is 58.5 Å². The molecule has 0 spiro atoms. The van der Waals surface area contributed by atoms with Crippen LogP contribution >= 0.6 is 47.3 Å². The van der Waals surface area contributed by atoms with E-state index in [1.165, 1.54) is 62.9 Å². The first kappa shape index (κ1) is 35.2. The van der Waals surface area contributed by atoms with Crippen molar-refractivity contribution >= 4 is 88.0 Å². The van der Waals surface area contributed by atoms with E-state index in [2.05, 4.69) is 41.5 Å². The molecule has 0 aliphatic carbocycles. The molecule has 2 aromatic heterocycles. The third-order valence-corrected chi connectivity index (χ3v) is 10.2. The fourth-order valence-electron chi connectivity index (χ4n) is 4.25. The number of thiazole rings is 1. The van der Waals surface area contributed by atoms with Crippen molar-refractivity contribution in [1.29, 1.82) is 0 Å². The zero-order chi connectivity index (χ0) is 33.0. The zero-order valence-electron chi connectivity index (χ0n) is 24.0. The van der Waals surface area contributed by atoms with Crippen molar-refractivity contribution in [3.8, 4) is 11.5 Å². The maximum atomic E-state index is 13.3. The average molecular weight is 728 g/mol. The number of fused-ring (bicyclic) bond motifs is 1. The Morgan fingerprint density at radius 3 is 2.74 bits per heavy atom. The van der Waals surface area contributed by atoms with E-state index in [1.54, 1.807) is 7.05 Å². The Balaban J connectivity index is 0.00000500. The van der Waals surface area contributed by atoms with Gasteiger partial charge in [0, 0.05) is 30.5 Å². The Kier molecular flexibility index (Phi) is 11.1. The van der Waals surface area contributed by atoms with Gasteiger partial charge in [-0.2, -0.15) is 5.10 Å². The summed E-state index contributed by atoms with van der Waals surface area (Å²) >= 11 is 3.43. The summed E-state index contributed by atoms with van der Waals surface area (Å²) in [6, 6.07) is 2.96. The minimum absolute atomic E-state index is 0. The molecule has 2 aliphatic heterocycles. The Bertz CT molecular complexity index is 1740. The van der Waals surface area contributed by atoms with Crippen LogP contribution in [-0.4, -0.2) is 117 Å². The van der Waals surface area contributed by atoms with Gasteiger partial charge in [0.2, 0.25) is 11.1 Å². The number of rotatable bonds is 12. The number of β-lactam (4-membered cyclic amide) rings is 1. The molecule has 2 unspecified atom stereocenters. The van der Waals surface area contributed by atoms with Crippen molar-refractivity contribution in [2.45, 2.75) is 16.6 Å². The number of nitrogens with two attached hydrogens (primary N) is 1. The molecule has 0 bridgehead atoms. The summed E-state index contributed by atoms with van der Waals surface area (Å²) in [5.41, 5.74) is 6.73. The number of carbonyl (C=O) groups excluding carboxylic acids is 3. The minimum Gasteiger partial charge on any atom is -0.504 e. The van der Waals surface area contributed by atoms with Gasteiger partial charge in [-0.25, -0.2) is 15.1 Å². The molecule has 19 nitrogen and oxygen atoms in total. The van der Waals surface area contributed by atoms with Gasteiger partial charge in [-0.3, -0.25) is 19.2 Å². The molecule has 0 saturated carbocycles. The van der Waals surface area contributed by atoms with Gasteiger partial charge >= 0.3 is 5.97 Å². The standard InChI is InChI=1S/C24H25N11O8S3.ClH/c1-34-23(30-32-33-34)46-10-24(21(41)42)8-35-19(40)17(20(35)45-9-24)28-18(39)16(12-7-44-22(25)27-12)31-43-6-15(38)29-26-5-11-2-3-13(36)14(37)4-11;/h2-5,7,17,20,36-37H,6,8-10H2,1H3,(H2,25,27)(H,28,39)(H,29,38)(H,41,42);1H/t17?,20-,24?;/m1./s1. The highest BCUT2D eigenvalue weighted by Crippen LogP contribution is 2.44. The fraction of sp³-hybridized carbons (Fsp3) is 0.333. The van der Waals surface area contributed by atoms with E-state index in [0.717, 1.165) is 11.3 Å². The summed E-state index contributed by atoms with van der Waals surface area (Å²) in [6.07, 6.45) is 1.22. The van der Waals surface area contributed by atoms with Gasteiger partial charge in [0.15, 0.2) is 28.9 Å². The van der Waals surface area contributed by atoms with Crippen LogP contribution in [0.4, 0.5) is 5.13 Å². The third kappa shape index (κ3) is 7.84. The lowest BCUT2D eigenvalue weighted by Gasteiger charge is -2.53. The normalized spacial score (nSPS) is 20.6. The van der Waals surface area contributed by atoms with Crippen molar-refractivity contribution in [2.24, 2.45) is 22.7 Å². The van der Waals surface area contributed by atoms with Crippen LogP contribution in [0.2, 0.25) is 0 Å². The molecule has 4 heterocycles. The van der Waals surface area contributed by atoms with Crippen LogP contribution in [-0.2, 0) is 31.1 Å². The van der Waals surface area contributed by atoms with Crippen LogP contribution < -0.4 is 16.5 Å². The summed E-state index contributed by atoms with van der Waals surface area (Å²) in [4.78, 5) is 61.4. The molecule has 47 heavy (non-hydrogen) atoms. The van der Waals surface area contributed by atoms with Crippen molar-refractivity contribution in [2.75, 3.05) is 30.4 Å². The zero-order valence-corrected chi connectivity index (χ0v) is 27.3. The number of nitrogens with zero attached hydrogens (tertiary/aromatic N) is 8. The second-order valence-electron chi connectivity index (χ2n) is 9.90. The number of carbonyl (C=O) groups is 4. The number of thioether (sulfide) groups is 2. The van der Waals surface area contributed by atoms with Gasteiger partial charge < -0.3 is 36.1 Å². The van der Waals surface area contributed by atoms with E-state index < -0.39 is 47.1 Å². The maximum absolute atomic E-state index is 13.3. The first-order chi connectivity index (χ1) is 22.0. The van der Waals surface area contributed by atoms with Crippen LogP contribution in [0.3, 0.4) is 0 Å². The molecule has 2 fully saturated rings. The molecule has 0 radical (unpaired) electrons. The number of aryl methyl sites for hydroxylation is 1. The molecule has 2 aliphatic rings. The highest BCUT2D eigenvalue weighted by molar-refractivity contribution is 8.00. The number of halogens is 1. The number of nitrogen functional groups attached to an aromatic ring is 1. The van der Waals surface area contributed by atoms with Gasteiger partial charge in [-0.1, -0.05) is 16.9 Å². The lowest BCUT2D eigenvalue weighted by atomic mass is 9.89. The SMILES string of the molecule is Cl.Cn1nnnc1SCC1(C(=O)O)CS[C@@H]2C(NC(=O)C(=NOCC(=O)NN=Cc3ccc(O)c(O)c3)c3csc(N)n3)C(=O)N2C1. The Morgan fingerprint density at radius 2 is 2.09 bits per heavy atom. The largest absolute Gasteiger partial charge is 0.504 e. The van der Waals surface area contributed by atoms with Crippen molar-refractivity contribution in [3.05, 3.63) is 34.8 Å². The summed E-state index contributed by atoms with van der Waals surface area (Å²) < 4.78 is 1.42. The van der Waals surface area contributed by atoms with Crippen LogP contribution in [0, 0.1) is 5.41 Å². The number of carboxylic acid groups (broad SMARTS) is 1. The number of aromatic nitrogens is 5.